The largest absolute Gasteiger partial charge is 0.373 e. The molecule has 0 bridgehead atoms. The number of benzene rings is 2. The lowest BCUT2D eigenvalue weighted by Crippen LogP contribution is -2.51. The second kappa shape index (κ2) is 10.4. The number of carbonyl (C=O) groups is 2. The fourth-order valence-corrected chi connectivity index (χ4v) is 2.81. The Morgan fingerprint density at radius 1 is 0.963 bits per heavy atom. The van der Waals surface area contributed by atoms with Crippen molar-refractivity contribution < 1.29 is 9.59 Å². The minimum atomic E-state index is -0.539. The molecule has 5 nitrogen and oxygen atoms in total. The minimum absolute atomic E-state index is 0.0107. The maximum atomic E-state index is 12.5. The summed E-state index contributed by atoms with van der Waals surface area (Å²) in [6, 6.07) is 19.0. The Balaban J connectivity index is 1.82. The molecule has 0 aliphatic carbocycles. The van der Waals surface area contributed by atoms with E-state index in [0.29, 0.717) is 13.1 Å². The van der Waals surface area contributed by atoms with Crippen molar-refractivity contribution in [2.24, 2.45) is 5.92 Å². The first-order chi connectivity index (χ1) is 13.0. The van der Waals surface area contributed by atoms with Crippen LogP contribution in [0.15, 0.2) is 60.7 Å². The molecule has 0 aliphatic rings. The van der Waals surface area contributed by atoms with Gasteiger partial charge in [-0.25, -0.2) is 0 Å². The van der Waals surface area contributed by atoms with Gasteiger partial charge in [0.2, 0.25) is 11.8 Å². The molecule has 0 spiro atoms. The van der Waals surface area contributed by atoms with Gasteiger partial charge in [-0.1, -0.05) is 62.4 Å². The Labute approximate surface area is 161 Å². The number of amides is 2. The summed E-state index contributed by atoms with van der Waals surface area (Å²) in [6.07, 6.45) is 0.272. The van der Waals surface area contributed by atoms with Gasteiger partial charge in [0.25, 0.3) is 0 Å². The maximum Gasteiger partial charge on any atom is 0.242 e. The highest BCUT2D eigenvalue weighted by molar-refractivity contribution is 5.88. The van der Waals surface area contributed by atoms with Crippen LogP contribution >= 0.6 is 0 Å². The quantitative estimate of drug-likeness (QED) is 0.716. The summed E-state index contributed by atoms with van der Waals surface area (Å²) in [5.41, 5.74) is 2.03. The molecule has 2 N–H and O–H groups in total. The van der Waals surface area contributed by atoms with E-state index in [0.717, 1.165) is 11.3 Å². The van der Waals surface area contributed by atoms with E-state index in [4.69, 9.17) is 0 Å². The lowest BCUT2D eigenvalue weighted by atomic mass is 10.0. The number of para-hydroxylation sites is 1. The van der Waals surface area contributed by atoms with Crippen LogP contribution in [0.25, 0.3) is 0 Å². The van der Waals surface area contributed by atoms with E-state index in [-0.39, 0.29) is 24.2 Å². The lowest BCUT2D eigenvalue weighted by Gasteiger charge is -2.23. The molecule has 2 aromatic rings. The summed E-state index contributed by atoms with van der Waals surface area (Å²) in [4.78, 5) is 26.9. The highest BCUT2D eigenvalue weighted by Gasteiger charge is 2.23. The molecule has 2 rings (SSSR count). The molecule has 0 fully saturated rings. The van der Waals surface area contributed by atoms with E-state index < -0.39 is 6.04 Å². The third-order valence-electron chi connectivity index (χ3n) is 4.42. The molecule has 0 saturated carbocycles. The van der Waals surface area contributed by atoms with Gasteiger partial charge in [-0.3, -0.25) is 9.59 Å². The average Bonchev–Trinajstić information content (AvgIpc) is 2.67. The van der Waals surface area contributed by atoms with Crippen LogP contribution in [0.1, 0.15) is 19.4 Å². The van der Waals surface area contributed by atoms with Crippen LogP contribution in [0, 0.1) is 5.92 Å². The maximum absolute atomic E-state index is 12.5. The Hall–Kier alpha value is -2.82. The summed E-state index contributed by atoms with van der Waals surface area (Å²) < 4.78 is 0. The zero-order valence-corrected chi connectivity index (χ0v) is 16.3. The van der Waals surface area contributed by atoms with E-state index in [1.165, 1.54) is 0 Å². The van der Waals surface area contributed by atoms with Gasteiger partial charge in [0.15, 0.2) is 0 Å². The first-order valence-electron chi connectivity index (χ1n) is 9.34. The van der Waals surface area contributed by atoms with Crippen LogP contribution in [-0.4, -0.2) is 38.0 Å². The number of hydrogen-bond donors (Lipinski definition) is 2. The van der Waals surface area contributed by atoms with Crippen LogP contribution in [0.2, 0.25) is 0 Å². The molecule has 27 heavy (non-hydrogen) atoms. The van der Waals surface area contributed by atoms with E-state index in [1.807, 2.05) is 81.6 Å². The lowest BCUT2D eigenvalue weighted by molar-refractivity contribution is -0.129. The molecular weight excluding hydrogens is 338 g/mol. The SMILES string of the molecule is CC(C)C(NC(=O)Cc1ccccc1)C(=O)NCCN(C)c1ccccc1. The zero-order valence-electron chi connectivity index (χ0n) is 16.3. The zero-order chi connectivity index (χ0) is 19.6. The van der Waals surface area contributed by atoms with Crippen LogP contribution in [-0.2, 0) is 16.0 Å². The van der Waals surface area contributed by atoms with Crippen molar-refractivity contribution in [3.8, 4) is 0 Å². The number of nitrogens with one attached hydrogen (secondary N) is 2. The summed E-state index contributed by atoms with van der Waals surface area (Å²) in [5, 5.41) is 5.81. The van der Waals surface area contributed by atoms with Gasteiger partial charge < -0.3 is 15.5 Å². The molecule has 1 atom stereocenters. The second-order valence-corrected chi connectivity index (χ2v) is 7.00. The van der Waals surface area contributed by atoms with Crippen molar-refractivity contribution >= 4 is 17.5 Å². The topological polar surface area (TPSA) is 61.4 Å². The molecular formula is C22H29N3O2. The van der Waals surface area contributed by atoms with Gasteiger partial charge in [0, 0.05) is 25.8 Å². The predicted octanol–water partition coefficient (Wildman–Crippen LogP) is 2.62. The standard InChI is InChI=1S/C22H29N3O2/c1-17(2)21(24-20(26)16-18-10-6-4-7-11-18)22(27)23-14-15-25(3)19-12-8-5-9-13-19/h4-13,17,21H,14-16H2,1-3H3,(H,23,27)(H,24,26). The number of carbonyl (C=O) groups excluding carboxylic acids is 2. The Morgan fingerprint density at radius 2 is 1.56 bits per heavy atom. The molecule has 144 valence electrons. The molecule has 0 aromatic heterocycles. The molecule has 0 saturated heterocycles. The van der Waals surface area contributed by atoms with Crippen molar-refractivity contribution in [2.45, 2.75) is 26.3 Å². The smallest absolute Gasteiger partial charge is 0.242 e. The summed E-state index contributed by atoms with van der Waals surface area (Å²) in [6.45, 7) is 5.08. The van der Waals surface area contributed by atoms with Gasteiger partial charge in [-0.05, 0) is 23.6 Å². The fourth-order valence-electron chi connectivity index (χ4n) is 2.81. The van der Waals surface area contributed by atoms with Crippen LogP contribution < -0.4 is 15.5 Å². The summed E-state index contributed by atoms with van der Waals surface area (Å²) in [5.74, 6) is -0.277. The van der Waals surface area contributed by atoms with Gasteiger partial charge in [0.05, 0.1) is 6.42 Å². The molecule has 1 unspecified atom stereocenters. The number of nitrogens with zero attached hydrogens (tertiary/aromatic N) is 1. The van der Waals surface area contributed by atoms with Gasteiger partial charge in [-0.2, -0.15) is 0 Å². The molecule has 0 radical (unpaired) electrons. The Morgan fingerprint density at radius 3 is 2.15 bits per heavy atom. The van der Waals surface area contributed by atoms with E-state index in [2.05, 4.69) is 15.5 Å². The first kappa shape index (κ1) is 20.5. The Kier molecular flexibility index (Phi) is 7.86. The number of hydrogen-bond acceptors (Lipinski definition) is 3. The van der Waals surface area contributed by atoms with Crippen molar-refractivity contribution in [2.75, 3.05) is 25.0 Å². The minimum Gasteiger partial charge on any atom is -0.373 e. The summed E-state index contributed by atoms with van der Waals surface area (Å²) >= 11 is 0. The molecule has 2 aromatic carbocycles. The van der Waals surface area contributed by atoms with Crippen LogP contribution in [0.5, 0.6) is 0 Å². The van der Waals surface area contributed by atoms with Crippen molar-refractivity contribution in [3.05, 3.63) is 66.2 Å². The number of likely N-dealkylation sites (N-methyl/N-ethyl adjacent to an activating group) is 1. The number of rotatable bonds is 9. The van der Waals surface area contributed by atoms with E-state index in [9.17, 15) is 9.59 Å². The van der Waals surface area contributed by atoms with Crippen LogP contribution in [0.4, 0.5) is 5.69 Å². The highest BCUT2D eigenvalue weighted by atomic mass is 16.2. The van der Waals surface area contributed by atoms with Crippen molar-refractivity contribution in [1.82, 2.24) is 10.6 Å². The van der Waals surface area contributed by atoms with E-state index >= 15 is 0 Å². The molecule has 0 aliphatic heterocycles. The van der Waals surface area contributed by atoms with Gasteiger partial charge >= 0.3 is 0 Å². The predicted molar refractivity (Wildman–Crippen MR) is 110 cm³/mol. The van der Waals surface area contributed by atoms with Gasteiger partial charge in [-0.15, -0.1) is 0 Å². The molecule has 0 heterocycles. The average molecular weight is 367 g/mol. The van der Waals surface area contributed by atoms with Crippen LogP contribution in [0.3, 0.4) is 0 Å². The fraction of sp³-hybridized carbons (Fsp3) is 0.364. The summed E-state index contributed by atoms with van der Waals surface area (Å²) in [7, 11) is 1.99. The third-order valence-corrected chi connectivity index (χ3v) is 4.42. The van der Waals surface area contributed by atoms with Crippen molar-refractivity contribution in [1.29, 1.82) is 0 Å². The second-order valence-electron chi connectivity index (χ2n) is 7.00. The van der Waals surface area contributed by atoms with E-state index in [1.54, 1.807) is 0 Å². The van der Waals surface area contributed by atoms with Gasteiger partial charge in [0.1, 0.15) is 6.04 Å². The first-order valence-corrected chi connectivity index (χ1v) is 9.34. The molecule has 2 amide bonds. The highest BCUT2D eigenvalue weighted by Crippen LogP contribution is 2.10. The van der Waals surface area contributed by atoms with Crippen molar-refractivity contribution in [3.63, 3.8) is 0 Å². The normalized spacial score (nSPS) is 11.7. The Bertz CT molecular complexity index is 717. The third kappa shape index (κ3) is 6.77. The molecule has 5 heteroatoms. The monoisotopic (exact) mass is 367 g/mol. The number of anilines is 1.